The van der Waals surface area contributed by atoms with Gasteiger partial charge in [0.25, 0.3) is 0 Å². The van der Waals surface area contributed by atoms with Gasteiger partial charge in [-0.3, -0.25) is 9.59 Å². The smallest absolute Gasteiger partial charge is 0.246 e. The molecule has 2 aromatic carbocycles. The van der Waals surface area contributed by atoms with Crippen molar-refractivity contribution in [1.82, 2.24) is 4.90 Å². The maximum Gasteiger partial charge on any atom is 0.246 e. The fraction of sp³-hybridized carbons (Fsp3) is 0.238. The molecule has 5 nitrogen and oxygen atoms in total. The first-order chi connectivity index (χ1) is 13.0. The highest BCUT2D eigenvalue weighted by Crippen LogP contribution is 2.25. The molecule has 2 aromatic rings. The molecule has 27 heavy (non-hydrogen) atoms. The van der Waals surface area contributed by atoms with Gasteiger partial charge in [0.15, 0.2) is 0 Å². The maximum atomic E-state index is 12.4. The molecular weight excluding hydrogens is 408 g/mol. The number of nitrogens with zero attached hydrogens (tertiary/aromatic N) is 1. The van der Waals surface area contributed by atoms with Crippen molar-refractivity contribution in [3.8, 4) is 5.75 Å². The van der Waals surface area contributed by atoms with Crippen LogP contribution < -0.4 is 5.32 Å². The number of carbonyl (C=O) groups is 2. The Morgan fingerprint density at radius 3 is 2.56 bits per heavy atom. The summed E-state index contributed by atoms with van der Waals surface area (Å²) in [4.78, 5) is 26.5. The number of piperidine rings is 1. The maximum absolute atomic E-state index is 12.4. The lowest BCUT2D eigenvalue weighted by Crippen LogP contribution is -2.40. The second kappa shape index (κ2) is 8.86. The first kappa shape index (κ1) is 19.2. The minimum atomic E-state index is -0.164. The van der Waals surface area contributed by atoms with E-state index in [2.05, 4.69) is 21.2 Å². The van der Waals surface area contributed by atoms with E-state index in [0.717, 1.165) is 10.0 Å². The number of likely N-dealkylation sites (tertiary alicyclic amines) is 1. The summed E-state index contributed by atoms with van der Waals surface area (Å²) in [5, 5.41) is 12.5. The van der Waals surface area contributed by atoms with Gasteiger partial charge >= 0.3 is 0 Å². The highest BCUT2D eigenvalue weighted by Gasteiger charge is 2.26. The molecule has 140 valence electrons. The number of benzene rings is 2. The molecule has 0 radical (unpaired) electrons. The number of phenolic OH excluding ortho intramolecular Hbond substituents is 1. The van der Waals surface area contributed by atoms with E-state index in [4.69, 9.17) is 0 Å². The highest BCUT2D eigenvalue weighted by molar-refractivity contribution is 9.10. The van der Waals surface area contributed by atoms with Crippen LogP contribution in [-0.4, -0.2) is 34.9 Å². The Morgan fingerprint density at radius 2 is 1.85 bits per heavy atom. The van der Waals surface area contributed by atoms with E-state index >= 15 is 0 Å². The summed E-state index contributed by atoms with van der Waals surface area (Å²) in [5.74, 6) is -0.276. The van der Waals surface area contributed by atoms with Crippen molar-refractivity contribution in [2.75, 3.05) is 18.4 Å². The first-order valence-electron chi connectivity index (χ1n) is 8.84. The zero-order valence-corrected chi connectivity index (χ0v) is 16.4. The van der Waals surface area contributed by atoms with Gasteiger partial charge in [-0.15, -0.1) is 0 Å². The van der Waals surface area contributed by atoms with E-state index in [0.29, 0.717) is 31.6 Å². The molecule has 0 aromatic heterocycles. The van der Waals surface area contributed by atoms with Crippen molar-refractivity contribution in [3.63, 3.8) is 0 Å². The molecule has 0 unspecified atom stereocenters. The molecule has 1 aliphatic rings. The summed E-state index contributed by atoms with van der Waals surface area (Å²) in [6, 6.07) is 14.4. The molecule has 0 saturated carbocycles. The highest BCUT2D eigenvalue weighted by atomic mass is 79.9. The lowest BCUT2D eigenvalue weighted by molar-refractivity contribution is -0.130. The predicted molar refractivity (Wildman–Crippen MR) is 109 cm³/mol. The molecular formula is C21H21BrN2O3. The van der Waals surface area contributed by atoms with Gasteiger partial charge in [-0.25, -0.2) is 0 Å². The van der Waals surface area contributed by atoms with Gasteiger partial charge in [-0.1, -0.05) is 40.2 Å². The second-order valence-electron chi connectivity index (χ2n) is 6.49. The van der Waals surface area contributed by atoms with Crippen LogP contribution in [0.3, 0.4) is 0 Å². The van der Waals surface area contributed by atoms with Crippen molar-refractivity contribution in [2.45, 2.75) is 12.8 Å². The quantitative estimate of drug-likeness (QED) is 0.569. The van der Waals surface area contributed by atoms with Crippen molar-refractivity contribution in [2.24, 2.45) is 5.92 Å². The molecule has 0 spiro atoms. The first-order valence-corrected chi connectivity index (χ1v) is 9.63. The minimum absolute atomic E-state index is 0.0467. The molecule has 1 saturated heterocycles. The minimum Gasteiger partial charge on any atom is -0.506 e. The van der Waals surface area contributed by atoms with Gasteiger partial charge in [0.1, 0.15) is 5.75 Å². The van der Waals surface area contributed by atoms with Crippen LogP contribution in [0.15, 0.2) is 59.1 Å². The fourth-order valence-corrected chi connectivity index (χ4v) is 3.48. The second-order valence-corrected chi connectivity index (χ2v) is 7.41. The van der Waals surface area contributed by atoms with Gasteiger partial charge in [0.2, 0.25) is 11.8 Å². The number of aromatic hydroxyl groups is 1. The summed E-state index contributed by atoms with van der Waals surface area (Å²) in [7, 11) is 0. The van der Waals surface area contributed by atoms with Crippen molar-refractivity contribution >= 4 is 39.5 Å². The Bertz CT molecular complexity index is 858. The van der Waals surface area contributed by atoms with E-state index in [-0.39, 0.29) is 23.5 Å². The monoisotopic (exact) mass is 428 g/mol. The topological polar surface area (TPSA) is 69.6 Å². The summed E-state index contributed by atoms with van der Waals surface area (Å²) < 4.78 is 0.966. The average molecular weight is 429 g/mol. The van der Waals surface area contributed by atoms with Gasteiger partial charge in [-0.05, 0) is 48.7 Å². The number of para-hydroxylation sites is 2. The van der Waals surface area contributed by atoms with Crippen molar-refractivity contribution in [1.29, 1.82) is 0 Å². The van der Waals surface area contributed by atoms with Crippen LogP contribution >= 0.6 is 15.9 Å². The molecule has 2 N–H and O–H groups in total. The third-order valence-electron chi connectivity index (χ3n) is 4.61. The van der Waals surface area contributed by atoms with E-state index in [1.165, 1.54) is 6.07 Å². The zero-order valence-electron chi connectivity index (χ0n) is 14.8. The molecule has 0 atom stereocenters. The van der Waals surface area contributed by atoms with Crippen LogP contribution in [-0.2, 0) is 9.59 Å². The number of rotatable bonds is 4. The fourth-order valence-electron chi connectivity index (χ4n) is 3.06. The molecule has 3 rings (SSSR count). The molecule has 2 amide bonds. The Hall–Kier alpha value is -2.60. The van der Waals surface area contributed by atoms with E-state index in [1.807, 2.05) is 24.3 Å². The van der Waals surface area contributed by atoms with Crippen LogP contribution in [0, 0.1) is 5.92 Å². The largest absolute Gasteiger partial charge is 0.506 e. The van der Waals surface area contributed by atoms with Crippen LogP contribution in [0.1, 0.15) is 18.4 Å². The Kier molecular flexibility index (Phi) is 6.29. The molecule has 6 heteroatoms. The summed E-state index contributed by atoms with van der Waals surface area (Å²) in [6.07, 6.45) is 4.58. The molecule has 0 bridgehead atoms. The zero-order chi connectivity index (χ0) is 19.2. The summed E-state index contributed by atoms with van der Waals surface area (Å²) >= 11 is 3.41. The number of anilines is 1. The van der Waals surface area contributed by atoms with E-state index in [9.17, 15) is 14.7 Å². The lowest BCUT2D eigenvalue weighted by Gasteiger charge is -2.30. The average Bonchev–Trinajstić information content (AvgIpc) is 2.68. The molecule has 1 fully saturated rings. The van der Waals surface area contributed by atoms with E-state index < -0.39 is 0 Å². The lowest BCUT2D eigenvalue weighted by atomic mass is 9.95. The normalized spacial score (nSPS) is 15.1. The number of hydrogen-bond acceptors (Lipinski definition) is 3. The van der Waals surface area contributed by atoms with Gasteiger partial charge in [-0.2, -0.15) is 0 Å². The van der Waals surface area contributed by atoms with Gasteiger partial charge < -0.3 is 15.3 Å². The molecule has 0 aliphatic carbocycles. The van der Waals surface area contributed by atoms with Crippen molar-refractivity contribution < 1.29 is 14.7 Å². The molecule has 1 heterocycles. The number of nitrogens with one attached hydrogen (secondary N) is 1. The number of halogens is 1. The number of phenols is 1. The number of carbonyl (C=O) groups excluding carboxylic acids is 2. The van der Waals surface area contributed by atoms with Crippen LogP contribution in [0.4, 0.5) is 5.69 Å². The van der Waals surface area contributed by atoms with Crippen LogP contribution in [0.25, 0.3) is 6.08 Å². The van der Waals surface area contributed by atoms with Gasteiger partial charge in [0.05, 0.1) is 5.69 Å². The number of amides is 2. The predicted octanol–water partition coefficient (Wildman–Crippen LogP) is 4.05. The Balaban J connectivity index is 1.51. The van der Waals surface area contributed by atoms with Crippen LogP contribution in [0.5, 0.6) is 5.75 Å². The summed E-state index contributed by atoms with van der Waals surface area (Å²) in [5.41, 5.74) is 1.37. The third kappa shape index (κ3) is 5.20. The SMILES string of the molecule is O=C(Nc1ccccc1O)C1CCN(C(=O)/C=C/c2cccc(Br)c2)CC1. The Labute approximate surface area is 166 Å². The summed E-state index contributed by atoms with van der Waals surface area (Å²) in [6.45, 7) is 1.08. The third-order valence-corrected chi connectivity index (χ3v) is 5.10. The standard InChI is InChI=1S/C21H21BrN2O3/c22-17-5-3-4-15(14-17)8-9-20(26)24-12-10-16(11-13-24)21(27)23-18-6-1-2-7-19(18)25/h1-9,14,16,25H,10-13H2,(H,23,27)/b9-8+. The van der Waals surface area contributed by atoms with Crippen molar-refractivity contribution in [3.05, 3.63) is 64.6 Å². The van der Waals surface area contributed by atoms with Gasteiger partial charge in [0, 0.05) is 29.6 Å². The Morgan fingerprint density at radius 1 is 1.11 bits per heavy atom. The van der Waals surface area contributed by atoms with E-state index in [1.54, 1.807) is 35.3 Å². The van der Waals surface area contributed by atoms with Crippen LogP contribution in [0.2, 0.25) is 0 Å². The number of hydrogen-bond donors (Lipinski definition) is 2. The molecule has 1 aliphatic heterocycles.